The summed E-state index contributed by atoms with van der Waals surface area (Å²) in [6.45, 7) is 14.7. The molecule has 0 spiro atoms. The van der Waals surface area contributed by atoms with Crippen molar-refractivity contribution in [2.75, 3.05) is 19.8 Å². The monoisotopic (exact) mass is 895 g/mol. The highest BCUT2D eigenvalue weighted by Gasteiger charge is 2.53. The van der Waals surface area contributed by atoms with E-state index in [1.54, 1.807) is 53.7 Å². The molecule has 4 aliphatic rings. The van der Waals surface area contributed by atoms with Crippen LogP contribution in [0.25, 0.3) is 0 Å². The molecule has 17 heteroatoms. The zero-order chi connectivity index (χ0) is 46.0. The highest BCUT2D eigenvalue weighted by atomic mass is 16.7. The summed E-state index contributed by atoms with van der Waals surface area (Å²) in [6.07, 6.45) is -3.12. The van der Waals surface area contributed by atoms with Gasteiger partial charge < -0.3 is 68.6 Å². The Morgan fingerprint density at radius 2 is 1.49 bits per heavy atom. The van der Waals surface area contributed by atoms with Gasteiger partial charge in [0.15, 0.2) is 18.9 Å². The summed E-state index contributed by atoms with van der Waals surface area (Å²) in [6, 6.07) is 7.06. The van der Waals surface area contributed by atoms with Gasteiger partial charge in [-0.1, -0.05) is 37.3 Å². The smallest absolute Gasteiger partial charge is 0.407 e. The van der Waals surface area contributed by atoms with Gasteiger partial charge in [-0.05, 0) is 112 Å². The molecule has 1 saturated carbocycles. The number of rotatable bonds is 16. The maximum atomic E-state index is 13.5. The number of unbranched alkanes of at least 4 members (excludes halogenated alkanes) is 1. The molecule has 1 aromatic rings. The predicted molar refractivity (Wildman–Crippen MR) is 228 cm³/mol. The Morgan fingerprint density at radius 1 is 0.825 bits per heavy atom. The lowest BCUT2D eigenvalue weighted by Crippen LogP contribution is -2.68. The molecule has 63 heavy (non-hydrogen) atoms. The van der Waals surface area contributed by atoms with Gasteiger partial charge in [0.05, 0.1) is 36.8 Å². The molecule has 17 nitrogen and oxygen atoms in total. The topological polar surface area (TPSA) is 219 Å². The second kappa shape index (κ2) is 22.9. The first-order valence-electron chi connectivity index (χ1n) is 22.8. The number of carbonyl (C=O) groups is 3. The zero-order valence-electron chi connectivity index (χ0n) is 38.5. The van der Waals surface area contributed by atoms with E-state index in [1.165, 1.54) is 6.92 Å². The van der Waals surface area contributed by atoms with Gasteiger partial charge in [-0.3, -0.25) is 4.79 Å². The number of esters is 1. The minimum absolute atomic E-state index is 0.0509. The molecule has 3 saturated heterocycles. The SMILES string of the molecule is CC1CC[C@@H](CCCCOC2CCCCO2)O[C@@H]1OC1C(O)C(O[C@H]2OCC(C)(O)[C@H](CC(=O)OC(C)(C)C)C2O)[C@H](NC(=O)OCc2ccccc2)C[C@@H]1NC(=O)OC(C)(C)C. The van der Waals surface area contributed by atoms with E-state index in [0.29, 0.717) is 6.61 Å². The quantitative estimate of drug-likeness (QED) is 0.0800. The van der Waals surface area contributed by atoms with Crippen LogP contribution in [0.3, 0.4) is 0 Å². The average Bonchev–Trinajstić information content (AvgIpc) is 3.19. The molecule has 4 fully saturated rings. The highest BCUT2D eigenvalue weighted by Crippen LogP contribution is 2.38. The second-order valence-corrected chi connectivity index (χ2v) is 19.8. The van der Waals surface area contributed by atoms with Gasteiger partial charge in [0.2, 0.25) is 0 Å². The van der Waals surface area contributed by atoms with E-state index in [-0.39, 0.29) is 44.4 Å². The van der Waals surface area contributed by atoms with Crippen LogP contribution in [0.5, 0.6) is 0 Å². The van der Waals surface area contributed by atoms with Crippen LogP contribution in [0.1, 0.15) is 125 Å². The normalized spacial score (nSPS) is 34.1. The molecule has 7 unspecified atom stereocenters. The molecule has 1 aromatic carbocycles. The summed E-state index contributed by atoms with van der Waals surface area (Å²) in [4.78, 5) is 39.8. The molecule has 3 heterocycles. The Labute approximate surface area is 372 Å². The third-order valence-electron chi connectivity index (χ3n) is 11.7. The third-order valence-corrected chi connectivity index (χ3v) is 11.7. The molecule has 0 aromatic heterocycles. The highest BCUT2D eigenvalue weighted by molar-refractivity contribution is 5.70. The number of aliphatic hydroxyl groups excluding tert-OH is 2. The largest absolute Gasteiger partial charge is 0.460 e. The molecular weight excluding hydrogens is 821 g/mol. The van der Waals surface area contributed by atoms with Gasteiger partial charge >= 0.3 is 18.2 Å². The Hall–Kier alpha value is -3.13. The molecule has 5 N–H and O–H groups in total. The van der Waals surface area contributed by atoms with Gasteiger partial charge in [0.25, 0.3) is 0 Å². The molecule has 1 aliphatic carbocycles. The third kappa shape index (κ3) is 16.1. The van der Waals surface area contributed by atoms with Crippen LogP contribution in [0.15, 0.2) is 30.3 Å². The van der Waals surface area contributed by atoms with Crippen LogP contribution >= 0.6 is 0 Å². The van der Waals surface area contributed by atoms with Gasteiger partial charge in [-0.15, -0.1) is 0 Å². The Balaban J connectivity index is 1.36. The first-order valence-corrected chi connectivity index (χ1v) is 22.8. The van der Waals surface area contributed by atoms with Crippen molar-refractivity contribution < 1.29 is 72.3 Å². The number of alkyl carbamates (subject to hydrolysis) is 2. The molecule has 358 valence electrons. The van der Waals surface area contributed by atoms with Crippen LogP contribution in [-0.4, -0.2) is 132 Å². The fraction of sp³-hybridized carbons (Fsp3) is 0.804. The first-order chi connectivity index (χ1) is 29.7. The standard InChI is InChI=1S/C46H74N2O15/c1-28-20-21-30(18-12-14-22-55-35-19-13-15-23-56-35)59-40(28)60-38-33(48-43(53)63-45(5,6)7)25-32(47-42(52)57-26-29-16-10-9-11-17-29)39(37(38)51)61-41-36(50)31(46(8,54)27-58-41)24-34(49)62-44(2,3)4/h9-11,16-17,28,30-33,35-41,50-51,54H,12-15,18-27H2,1-8H3,(H,47,52)(H,48,53)/t28?,30-,31-,32-,33+,35?,36?,37?,38?,39?,40-,41-,46?/m1/s1. The van der Waals surface area contributed by atoms with Crippen LogP contribution in [0, 0.1) is 11.8 Å². The summed E-state index contributed by atoms with van der Waals surface area (Å²) in [5.41, 5.74) is -2.58. The summed E-state index contributed by atoms with van der Waals surface area (Å²) >= 11 is 0. The van der Waals surface area contributed by atoms with Gasteiger partial charge in [0.1, 0.15) is 42.2 Å². The minimum Gasteiger partial charge on any atom is -0.460 e. The van der Waals surface area contributed by atoms with E-state index in [2.05, 4.69) is 10.6 Å². The Morgan fingerprint density at radius 3 is 2.14 bits per heavy atom. The minimum atomic E-state index is -1.66. The van der Waals surface area contributed by atoms with Gasteiger partial charge in [0, 0.05) is 25.0 Å². The molecule has 0 bridgehead atoms. The lowest BCUT2D eigenvalue weighted by atomic mass is 9.80. The summed E-state index contributed by atoms with van der Waals surface area (Å²) in [7, 11) is 0. The fourth-order valence-corrected chi connectivity index (χ4v) is 8.45. The van der Waals surface area contributed by atoms with Crippen LogP contribution < -0.4 is 10.6 Å². The lowest BCUT2D eigenvalue weighted by Gasteiger charge is -2.49. The van der Waals surface area contributed by atoms with E-state index in [1.807, 2.05) is 25.1 Å². The average molecular weight is 895 g/mol. The van der Waals surface area contributed by atoms with Crippen LogP contribution in [0.4, 0.5) is 9.59 Å². The number of hydrogen-bond acceptors (Lipinski definition) is 15. The van der Waals surface area contributed by atoms with Crippen molar-refractivity contribution in [3.8, 4) is 0 Å². The zero-order valence-corrected chi connectivity index (χ0v) is 38.5. The van der Waals surface area contributed by atoms with Crippen LogP contribution in [0.2, 0.25) is 0 Å². The molecule has 0 radical (unpaired) electrons. The number of ether oxygens (including phenoxy) is 9. The maximum Gasteiger partial charge on any atom is 0.407 e. The number of nitrogens with one attached hydrogen (secondary N) is 2. The van der Waals surface area contributed by atoms with Crippen molar-refractivity contribution in [3.63, 3.8) is 0 Å². The number of carbonyl (C=O) groups excluding carboxylic acids is 3. The van der Waals surface area contributed by atoms with Crippen molar-refractivity contribution in [3.05, 3.63) is 35.9 Å². The van der Waals surface area contributed by atoms with Crippen molar-refractivity contribution in [2.24, 2.45) is 11.8 Å². The van der Waals surface area contributed by atoms with Crippen molar-refractivity contribution in [1.29, 1.82) is 0 Å². The molecule has 13 atom stereocenters. The number of aliphatic hydroxyl groups is 3. The van der Waals surface area contributed by atoms with E-state index in [0.717, 1.165) is 63.5 Å². The lowest BCUT2D eigenvalue weighted by molar-refractivity contribution is -0.318. The Bertz CT molecular complexity index is 1580. The Kier molecular flexibility index (Phi) is 18.5. The number of benzene rings is 1. The van der Waals surface area contributed by atoms with E-state index in [4.69, 9.17) is 42.6 Å². The van der Waals surface area contributed by atoms with Gasteiger partial charge in [-0.25, -0.2) is 9.59 Å². The second-order valence-electron chi connectivity index (χ2n) is 19.8. The molecule has 5 rings (SSSR count). The molecule has 2 amide bonds. The van der Waals surface area contributed by atoms with Crippen molar-refractivity contribution >= 4 is 18.2 Å². The van der Waals surface area contributed by atoms with E-state index < -0.39 is 90.0 Å². The maximum absolute atomic E-state index is 13.5. The van der Waals surface area contributed by atoms with Crippen molar-refractivity contribution in [1.82, 2.24) is 10.6 Å². The van der Waals surface area contributed by atoms with Crippen molar-refractivity contribution in [2.45, 2.75) is 204 Å². The fourth-order valence-electron chi connectivity index (χ4n) is 8.45. The summed E-state index contributed by atoms with van der Waals surface area (Å²) in [5, 5.41) is 41.1. The molecular formula is C46H74N2O15. The number of hydrogen-bond donors (Lipinski definition) is 5. The van der Waals surface area contributed by atoms with Gasteiger partial charge in [-0.2, -0.15) is 0 Å². The summed E-state index contributed by atoms with van der Waals surface area (Å²) < 4.78 is 53.8. The van der Waals surface area contributed by atoms with Crippen LogP contribution in [-0.2, 0) is 54.0 Å². The number of amides is 2. The predicted octanol–water partition coefficient (Wildman–Crippen LogP) is 5.38. The van der Waals surface area contributed by atoms with E-state index in [9.17, 15) is 29.7 Å². The summed E-state index contributed by atoms with van der Waals surface area (Å²) in [5.74, 6) is -1.83. The van der Waals surface area contributed by atoms with E-state index >= 15 is 0 Å². The molecule has 3 aliphatic heterocycles. The first kappa shape index (κ1) is 50.9.